The van der Waals surface area contributed by atoms with Gasteiger partial charge >= 0.3 is 0 Å². The number of carbonyl (C=O) groups is 1. The third kappa shape index (κ3) is 2.34. The molecule has 0 fully saturated rings. The van der Waals surface area contributed by atoms with Gasteiger partial charge in [-0.25, -0.2) is 4.39 Å². The molecule has 0 saturated heterocycles. The van der Waals surface area contributed by atoms with E-state index in [0.717, 1.165) is 0 Å². The summed E-state index contributed by atoms with van der Waals surface area (Å²) in [6, 6.07) is 0. The van der Waals surface area contributed by atoms with Crippen LogP contribution in [-0.4, -0.2) is 12.5 Å². The van der Waals surface area contributed by atoms with E-state index in [1.807, 2.05) is 0 Å². The minimum Gasteiger partial charge on any atom is -0.350 e. The van der Waals surface area contributed by atoms with Crippen LogP contribution in [0.2, 0.25) is 0 Å². The van der Waals surface area contributed by atoms with Gasteiger partial charge in [0, 0.05) is 7.97 Å². The number of carbonyl (C=O) groups excluding carboxylic acids is 1. The lowest BCUT2D eigenvalue weighted by molar-refractivity contribution is -0.118. The maximum absolute atomic E-state index is 11.7. The summed E-state index contributed by atoms with van der Waals surface area (Å²) in [6.07, 6.45) is 0. The Morgan fingerprint density at radius 3 is 2.62 bits per heavy atom. The molecule has 0 atom stereocenters. The molecule has 3 heteroatoms. The fourth-order valence-corrected chi connectivity index (χ4v) is 0.256. The molecule has 0 bridgehead atoms. The highest BCUT2D eigenvalue weighted by Gasteiger charge is 2.00. The summed E-state index contributed by atoms with van der Waals surface area (Å²) in [7, 11) is 0. The first-order valence-corrected chi connectivity index (χ1v) is 2.31. The Bertz CT molecular complexity index is 116. The first-order valence-electron chi connectivity index (χ1n) is 2.31. The summed E-state index contributed by atoms with van der Waals surface area (Å²) in [6.45, 7) is 4.94. The van der Waals surface area contributed by atoms with Crippen molar-refractivity contribution in [2.45, 2.75) is 6.92 Å². The number of hydrogen-bond donors (Lipinski definition) is 1. The van der Waals surface area contributed by atoms with Gasteiger partial charge in [0.15, 0.2) is 5.83 Å². The van der Waals surface area contributed by atoms with E-state index in [0.29, 0.717) is 6.54 Å². The summed E-state index contributed by atoms with van der Waals surface area (Å²) in [5.74, 6) is -1.67. The number of rotatable bonds is 2. The van der Waals surface area contributed by atoms with Crippen molar-refractivity contribution in [3.05, 3.63) is 12.4 Å². The summed E-state index contributed by atoms with van der Waals surface area (Å²) in [5.41, 5.74) is 0. The topological polar surface area (TPSA) is 29.1 Å². The van der Waals surface area contributed by atoms with Gasteiger partial charge in [-0.1, -0.05) is 6.58 Å². The van der Waals surface area contributed by atoms with Crippen molar-refractivity contribution in [2.75, 3.05) is 6.54 Å². The summed E-state index contributed by atoms with van der Waals surface area (Å²) < 4.78 is 11.7. The molecule has 1 N–H and O–H groups in total. The zero-order valence-corrected chi connectivity index (χ0v) is 4.70. The Hall–Kier alpha value is -0.860. The van der Waals surface area contributed by atoms with Crippen LogP contribution >= 0.6 is 0 Å². The molecular formula is C5H10FNO. The molecule has 0 aromatic carbocycles. The molecule has 0 unspecified atom stereocenters. The van der Waals surface area contributed by atoms with E-state index < -0.39 is 11.7 Å². The van der Waals surface area contributed by atoms with Crippen molar-refractivity contribution in [2.24, 2.45) is 0 Å². The summed E-state index contributed by atoms with van der Waals surface area (Å²) in [4.78, 5) is 10.2. The van der Waals surface area contributed by atoms with E-state index in [1.165, 1.54) is 0 Å². The van der Waals surface area contributed by atoms with Gasteiger partial charge < -0.3 is 5.32 Å². The molecule has 0 aromatic heterocycles. The monoisotopic (exact) mass is 119 g/mol. The molecule has 2 nitrogen and oxygen atoms in total. The highest BCUT2D eigenvalue weighted by molar-refractivity contribution is 5.90. The minimum absolute atomic E-state index is 0. The van der Waals surface area contributed by atoms with E-state index in [2.05, 4.69) is 11.9 Å². The van der Waals surface area contributed by atoms with Crippen LogP contribution in [0.3, 0.4) is 0 Å². The van der Waals surface area contributed by atoms with Gasteiger partial charge in [-0.2, -0.15) is 0 Å². The maximum atomic E-state index is 11.7. The molecule has 0 spiro atoms. The lowest BCUT2D eigenvalue weighted by Gasteiger charge is -1.94. The Morgan fingerprint density at radius 1 is 2.00 bits per heavy atom. The predicted molar refractivity (Wildman–Crippen MR) is 31.0 cm³/mol. The normalized spacial score (nSPS) is 8.25. The summed E-state index contributed by atoms with van der Waals surface area (Å²) >= 11 is 0. The second-order valence-electron chi connectivity index (χ2n) is 1.26. The lowest BCUT2D eigenvalue weighted by atomic mass is 10.5. The minimum atomic E-state index is -0.938. The van der Waals surface area contributed by atoms with E-state index in [-0.39, 0.29) is 1.43 Å². The predicted octanol–water partition coefficient (Wildman–Crippen LogP) is 0.852. The van der Waals surface area contributed by atoms with Crippen molar-refractivity contribution in [1.82, 2.24) is 5.32 Å². The van der Waals surface area contributed by atoms with Gasteiger partial charge in [-0.3, -0.25) is 4.79 Å². The molecule has 48 valence electrons. The number of nitrogens with one attached hydrogen (secondary N) is 1. The number of hydrogen-bond acceptors (Lipinski definition) is 1. The smallest absolute Gasteiger partial charge is 0.279 e. The largest absolute Gasteiger partial charge is 0.350 e. The Labute approximate surface area is 48.9 Å². The molecule has 0 rings (SSSR count). The van der Waals surface area contributed by atoms with Crippen molar-refractivity contribution in [3.8, 4) is 0 Å². The van der Waals surface area contributed by atoms with Gasteiger partial charge in [0.25, 0.3) is 5.91 Å². The van der Waals surface area contributed by atoms with Crippen molar-refractivity contribution in [3.63, 3.8) is 0 Å². The number of amides is 1. The molecule has 0 heterocycles. The molecule has 8 heavy (non-hydrogen) atoms. The fourth-order valence-electron chi connectivity index (χ4n) is 0.256. The molecule has 0 aliphatic rings. The van der Waals surface area contributed by atoms with Crippen molar-refractivity contribution >= 4 is 5.91 Å². The van der Waals surface area contributed by atoms with E-state index >= 15 is 0 Å². The van der Waals surface area contributed by atoms with Crippen molar-refractivity contribution in [1.29, 1.82) is 0 Å². The highest BCUT2D eigenvalue weighted by atomic mass is 19.1. The number of likely N-dealkylation sites (N-methyl/N-ethyl adjacent to an activating group) is 1. The molecule has 0 radical (unpaired) electrons. The molecule has 1 amide bonds. The number of halogens is 1. The van der Waals surface area contributed by atoms with Crippen LogP contribution in [0.4, 0.5) is 4.39 Å². The van der Waals surface area contributed by atoms with Crippen molar-refractivity contribution < 1.29 is 10.6 Å². The second-order valence-corrected chi connectivity index (χ2v) is 1.26. The average molecular weight is 119 g/mol. The Balaban J connectivity index is 0. The van der Waals surface area contributed by atoms with E-state index in [9.17, 15) is 9.18 Å². The Kier molecular flexibility index (Phi) is 2.84. The lowest BCUT2D eigenvalue weighted by Crippen LogP contribution is -2.22. The maximum Gasteiger partial charge on any atom is 0.279 e. The SMILES string of the molecule is C=C(F)C(=O)NCC.[HH]. The third-order valence-corrected chi connectivity index (χ3v) is 0.584. The fraction of sp³-hybridized carbons (Fsp3) is 0.400. The van der Waals surface area contributed by atoms with Gasteiger partial charge in [0.05, 0.1) is 0 Å². The summed E-state index contributed by atoms with van der Waals surface area (Å²) in [5, 5.41) is 2.23. The standard InChI is InChI=1S/C5H8FNO.H2/c1-3-7-5(8)4(2)6;/h2-3H2,1H3,(H,7,8);1H. The van der Waals surface area contributed by atoms with Crippen LogP contribution in [0, 0.1) is 0 Å². The quantitative estimate of drug-likeness (QED) is 0.536. The van der Waals surface area contributed by atoms with E-state index in [4.69, 9.17) is 0 Å². The first-order chi connectivity index (χ1) is 3.68. The molecule has 0 aliphatic carbocycles. The van der Waals surface area contributed by atoms with Crippen LogP contribution in [0.1, 0.15) is 8.35 Å². The van der Waals surface area contributed by atoms with Crippen LogP contribution in [-0.2, 0) is 4.79 Å². The highest BCUT2D eigenvalue weighted by Crippen LogP contribution is 1.87. The van der Waals surface area contributed by atoms with Gasteiger partial charge in [-0.05, 0) is 6.92 Å². The Morgan fingerprint density at radius 2 is 2.50 bits per heavy atom. The molecule has 0 aliphatic heterocycles. The zero-order chi connectivity index (χ0) is 6.57. The van der Waals surface area contributed by atoms with Gasteiger partial charge in [0.2, 0.25) is 0 Å². The van der Waals surface area contributed by atoms with Crippen LogP contribution in [0.15, 0.2) is 12.4 Å². The van der Waals surface area contributed by atoms with Crippen LogP contribution in [0.25, 0.3) is 0 Å². The first kappa shape index (κ1) is 7.14. The second kappa shape index (κ2) is 3.18. The molecule has 0 saturated carbocycles. The van der Waals surface area contributed by atoms with Gasteiger partial charge in [-0.15, -0.1) is 0 Å². The van der Waals surface area contributed by atoms with Crippen LogP contribution < -0.4 is 5.32 Å². The molecular weight excluding hydrogens is 109 g/mol. The average Bonchev–Trinajstić information content (AvgIpc) is 1.67. The van der Waals surface area contributed by atoms with Crippen LogP contribution in [0.5, 0.6) is 0 Å². The molecule has 0 aromatic rings. The third-order valence-electron chi connectivity index (χ3n) is 0.584. The van der Waals surface area contributed by atoms with E-state index in [1.54, 1.807) is 6.92 Å². The van der Waals surface area contributed by atoms with Gasteiger partial charge in [0.1, 0.15) is 0 Å². The zero-order valence-electron chi connectivity index (χ0n) is 4.70.